The Morgan fingerprint density at radius 1 is 1.14 bits per heavy atom. The van der Waals surface area contributed by atoms with Crippen molar-refractivity contribution in [3.8, 4) is 0 Å². The molecule has 21 heavy (non-hydrogen) atoms. The maximum atomic E-state index is 7.63. The average Bonchev–Trinajstić information content (AvgIpc) is 2.67. The summed E-state index contributed by atoms with van der Waals surface area (Å²) >= 11 is 7.78. The number of halogens is 1. The fourth-order valence-corrected chi connectivity index (χ4v) is 3.45. The van der Waals surface area contributed by atoms with Gasteiger partial charge in [-0.2, -0.15) is 0 Å². The van der Waals surface area contributed by atoms with Gasteiger partial charge in [-0.15, -0.1) is 11.3 Å². The molecule has 0 bridgehead atoms. The van der Waals surface area contributed by atoms with Gasteiger partial charge in [-0.3, -0.25) is 4.99 Å². The Kier molecular flexibility index (Phi) is 4.96. The van der Waals surface area contributed by atoms with Crippen LogP contribution in [0.2, 0.25) is 5.02 Å². The van der Waals surface area contributed by atoms with Crippen molar-refractivity contribution in [3.05, 3.63) is 55.7 Å². The lowest BCUT2D eigenvalue weighted by molar-refractivity contribution is 1.23. The van der Waals surface area contributed by atoms with Crippen LogP contribution >= 0.6 is 22.9 Å². The summed E-state index contributed by atoms with van der Waals surface area (Å²) in [6.07, 6.45) is 0. The molecule has 1 aromatic heterocycles. The van der Waals surface area contributed by atoms with Crippen molar-refractivity contribution in [3.63, 3.8) is 0 Å². The van der Waals surface area contributed by atoms with Crippen molar-refractivity contribution in [2.24, 2.45) is 4.99 Å². The average molecular weight is 319 g/mol. The quantitative estimate of drug-likeness (QED) is 0.752. The fraction of sp³-hybridized carbons (Fsp3) is 0.294. The predicted octanol–water partition coefficient (Wildman–Crippen LogP) is 5.20. The zero-order chi connectivity index (χ0) is 15.6. The van der Waals surface area contributed by atoms with E-state index in [1.807, 2.05) is 24.3 Å². The lowest BCUT2D eigenvalue weighted by atomic mass is 9.98. The first-order chi connectivity index (χ1) is 9.90. The van der Waals surface area contributed by atoms with E-state index < -0.39 is 0 Å². The van der Waals surface area contributed by atoms with Crippen LogP contribution in [0.1, 0.15) is 33.4 Å². The Balaban J connectivity index is 2.58. The van der Waals surface area contributed by atoms with Gasteiger partial charge in [0.1, 0.15) is 0 Å². The van der Waals surface area contributed by atoms with E-state index >= 15 is 0 Å². The number of aliphatic imine (C=N–C) groups is 1. The highest BCUT2D eigenvalue weighted by molar-refractivity contribution is 7.12. The minimum absolute atomic E-state index is 0.422. The fourth-order valence-electron chi connectivity index (χ4n) is 2.26. The second-order valence-corrected chi connectivity index (χ2v) is 7.03. The van der Waals surface area contributed by atoms with Gasteiger partial charge in [0.15, 0.2) is 0 Å². The van der Waals surface area contributed by atoms with Crippen LogP contribution in [-0.2, 0) is 0 Å². The summed E-state index contributed by atoms with van der Waals surface area (Å²) in [5.41, 5.74) is 5.03. The van der Waals surface area contributed by atoms with Crippen molar-refractivity contribution in [1.82, 2.24) is 0 Å². The molecule has 0 aliphatic carbocycles. The molecule has 2 nitrogen and oxygen atoms in total. The van der Waals surface area contributed by atoms with Gasteiger partial charge in [-0.1, -0.05) is 23.7 Å². The summed E-state index contributed by atoms with van der Waals surface area (Å²) in [7, 11) is 0. The van der Waals surface area contributed by atoms with Crippen molar-refractivity contribution in [1.29, 1.82) is 5.41 Å². The monoisotopic (exact) mass is 318 g/mol. The molecule has 1 aromatic carbocycles. The number of nitrogens with one attached hydrogen (secondary N) is 1. The van der Waals surface area contributed by atoms with Gasteiger partial charge in [-0.25, -0.2) is 0 Å². The van der Waals surface area contributed by atoms with Gasteiger partial charge in [-0.05, 0) is 45.4 Å². The van der Waals surface area contributed by atoms with Gasteiger partial charge >= 0.3 is 0 Å². The summed E-state index contributed by atoms with van der Waals surface area (Å²) in [5, 5.41) is 8.35. The molecule has 0 amide bonds. The molecule has 4 heteroatoms. The molecule has 110 valence electrons. The number of rotatable bonds is 4. The lowest BCUT2D eigenvalue weighted by Crippen LogP contribution is -2.08. The number of benzene rings is 1. The third kappa shape index (κ3) is 3.60. The smallest absolute Gasteiger partial charge is 0.0770 e. The molecule has 0 spiro atoms. The van der Waals surface area contributed by atoms with Crippen LogP contribution < -0.4 is 0 Å². The van der Waals surface area contributed by atoms with Crippen LogP contribution in [0.3, 0.4) is 0 Å². The van der Waals surface area contributed by atoms with Gasteiger partial charge in [0, 0.05) is 31.6 Å². The Bertz CT molecular complexity index is 696. The van der Waals surface area contributed by atoms with Crippen LogP contribution in [0, 0.1) is 26.2 Å². The first-order valence-corrected chi connectivity index (χ1v) is 8.01. The highest BCUT2D eigenvalue weighted by atomic mass is 35.5. The highest BCUT2D eigenvalue weighted by Gasteiger charge is 2.16. The third-order valence-corrected chi connectivity index (χ3v) is 4.76. The van der Waals surface area contributed by atoms with E-state index in [-0.39, 0.29) is 0 Å². The molecule has 0 saturated heterocycles. The van der Waals surface area contributed by atoms with E-state index in [0.717, 1.165) is 16.3 Å². The molecule has 1 heterocycles. The second kappa shape index (κ2) is 6.54. The summed E-state index contributed by atoms with van der Waals surface area (Å²) in [4.78, 5) is 7.26. The molecule has 2 aromatic rings. The molecule has 0 aliphatic rings. The number of nitrogens with zero attached hydrogens (tertiary/aromatic N) is 1. The SMILES string of the molecule is CC(=N)CN=C(c1ccc(Cl)cc1)c1c(C)sc(C)c1C. The van der Waals surface area contributed by atoms with Crippen molar-refractivity contribution in [2.75, 3.05) is 6.54 Å². The molecular weight excluding hydrogens is 300 g/mol. The molecule has 1 N–H and O–H groups in total. The standard InChI is InChI=1S/C17H19ClN2S/c1-10(19)9-20-17(14-5-7-15(18)8-6-14)16-11(2)12(3)21-13(16)4/h5-8,19H,9H2,1-4H3. The summed E-state index contributed by atoms with van der Waals surface area (Å²) in [6.45, 7) is 8.60. The maximum Gasteiger partial charge on any atom is 0.0770 e. The van der Waals surface area contributed by atoms with Crippen LogP contribution in [0.4, 0.5) is 0 Å². The lowest BCUT2D eigenvalue weighted by Gasteiger charge is -2.09. The number of thiophene rings is 1. The first kappa shape index (κ1) is 15.9. The molecular formula is C17H19ClN2S. The number of hydrogen-bond donors (Lipinski definition) is 1. The van der Waals surface area contributed by atoms with Gasteiger partial charge in [0.2, 0.25) is 0 Å². The largest absolute Gasteiger partial charge is 0.308 e. The van der Waals surface area contributed by atoms with E-state index in [0.29, 0.717) is 12.3 Å². The zero-order valence-corrected chi connectivity index (χ0v) is 14.3. The second-order valence-electron chi connectivity index (χ2n) is 5.17. The summed E-state index contributed by atoms with van der Waals surface area (Å²) in [5.74, 6) is 0. The number of hydrogen-bond acceptors (Lipinski definition) is 3. The van der Waals surface area contributed by atoms with E-state index in [4.69, 9.17) is 17.0 Å². The van der Waals surface area contributed by atoms with Crippen molar-refractivity contribution in [2.45, 2.75) is 27.7 Å². The third-order valence-electron chi connectivity index (χ3n) is 3.39. The molecule has 2 rings (SSSR count). The van der Waals surface area contributed by atoms with Crippen LogP contribution in [-0.4, -0.2) is 18.0 Å². The maximum absolute atomic E-state index is 7.63. The van der Waals surface area contributed by atoms with Crippen LogP contribution in [0.25, 0.3) is 0 Å². The Hall–Kier alpha value is -1.45. The van der Waals surface area contributed by atoms with Crippen molar-refractivity contribution < 1.29 is 0 Å². The normalized spacial score (nSPS) is 11.8. The first-order valence-electron chi connectivity index (χ1n) is 6.81. The minimum Gasteiger partial charge on any atom is -0.308 e. The van der Waals surface area contributed by atoms with E-state index in [2.05, 4.69) is 25.8 Å². The molecule has 0 radical (unpaired) electrons. The van der Waals surface area contributed by atoms with Crippen molar-refractivity contribution >= 4 is 34.4 Å². The molecule has 0 aliphatic heterocycles. The summed E-state index contributed by atoms with van der Waals surface area (Å²) < 4.78 is 0. The van der Waals surface area contributed by atoms with Gasteiger partial charge in [0.05, 0.1) is 12.3 Å². The Labute approximate surface area is 135 Å². The minimum atomic E-state index is 0.422. The van der Waals surface area contributed by atoms with E-state index in [1.54, 1.807) is 18.3 Å². The van der Waals surface area contributed by atoms with E-state index in [9.17, 15) is 0 Å². The summed E-state index contributed by atoms with van der Waals surface area (Å²) in [6, 6.07) is 7.75. The highest BCUT2D eigenvalue weighted by Crippen LogP contribution is 2.29. The molecule has 0 fully saturated rings. The molecule has 0 atom stereocenters. The predicted molar refractivity (Wildman–Crippen MR) is 93.9 cm³/mol. The molecule has 0 saturated carbocycles. The zero-order valence-electron chi connectivity index (χ0n) is 12.7. The Morgan fingerprint density at radius 2 is 1.76 bits per heavy atom. The number of aryl methyl sites for hydroxylation is 2. The van der Waals surface area contributed by atoms with Gasteiger partial charge in [0.25, 0.3) is 0 Å². The Morgan fingerprint density at radius 3 is 2.24 bits per heavy atom. The van der Waals surface area contributed by atoms with E-state index in [1.165, 1.54) is 20.9 Å². The van der Waals surface area contributed by atoms with Crippen LogP contribution in [0.5, 0.6) is 0 Å². The van der Waals surface area contributed by atoms with Gasteiger partial charge < -0.3 is 5.41 Å². The molecule has 0 unspecified atom stereocenters. The topological polar surface area (TPSA) is 36.2 Å². The van der Waals surface area contributed by atoms with Crippen LogP contribution in [0.15, 0.2) is 29.3 Å².